The summed E-state index contributed by atoms with van der Waals surface area (Å²) in [7, 11) is 1.58. The molecule has 2 N–H and O–H groups in total. The number of pyridine rings is 1. The number of carbonyl (C=O) groups excluding carboxylic acids is 1. The Morgan fingerprint density at radius 1 is 1.07 bits per heavy atom. The van der Waals surface area contributed by atoms with Crippen molar-refractivity contribution in [2.75, 3.05) is 26.3 Å². The number of morpholine rings is 1. The maximum atomic E-state index is 13.0. The number of hydrogen-bond donors (Lipinski definition) is 2. The van der Waals surface area contributed by atoms with E-state index < -0.39 is 17.2 Å². The SMILES string of the molecule is Cn1c(=O)c(O)c(C(=O)NCc2ccccc2CN2CCOCC2)c2ccccc21. The first-order valence-corrected chi connectivity index (χ1v) is 10.0. The van der Waals surface area contributed by atoms with E-state index in [9.17, 15) is 14.7 Å². The average Bonchev–Trinajstić information content (AvgIpc) is 2.78. The summed E-state index contributed by atoms with van der Waals surface area (Å²) in [6.45, 7) is 4.32. The number of aryl methyl sites for hydroxylation is 1. The molecule has 156 valence electrons. The highest BCUT2D eigenvalue weighted by Crippen LogP contribution is 2.23. The molecule has 0 unspecified atom stereocenters. The Morgan fingerprint density at radius 2 is 1.73 bits per heavy atom. The maximum Gasteiger partial charge on any atom is 0.293 e. The summed E-state index contributed by atoms with van der Waals surface area (Å²) < 4.78 is 6.76. The first-order valence-electron chi connectivity index (χ1n) is 10.0. The van der Waals surface area contributed by atoms with Crippen molar-refractivity contribution in [3.8, 4) is 5.75 Å². The zero-order chi connectivity index (χ0) is 21.1. The minimum absolute atomic E-state index is 0.0133. The van der Waals surface area contributed by atoms with Gasteiger partial charge >= 0.3 is 0 Å². The number of para-hydroxylation sites is 1. The van der Waals surface area contributed by atoms with E-state index in [0.717, 1.165) is 44.0 Å². The van der Waals surface area contributed by atoms with E-state index in [-0.39, 0.29) is 5.56 Å². The number of hydrogen-bond acceptors (Lipinski definition) is 5. The zero-order valence-electron chi connectivity index (χ0n) is 16.9. The predicted molar refractivity (Wildman–Crippen MR) is 115 cm³/mol. The zero-order valence-corrected chi connectivity index (χ0v) is 16.9. The molecule has 3 aromatic rings. The molecule has 0 spiro atoms. The molecule has 30 heavy (non-hydrogen) atoms. The molecular formula is C23H25N3O4. The van der Waals surface area contributed by atoms with Gasteiger partial charge in [-0.05, 0) is 17.2 Å². The predicted octanol–water partition coefficient (Wildman–Crippen LogP) is 2.01. The quantitative estimate of drug-likeness (QED) is 0.676. The van der Waals surface area contributed by atoms with Crippen LogP contribution in [0.3, 0.4) is 0 Å². The molecule has 2 heterocycles. The lowest BCUT2D eigenvalue weighted by Gasteiger charge is -2.27. The molecular weight excluding hydrogens is 382 g/mol. The van der Waals surface area contributed by atoms with Gasteiger partial charge in [0.05, 0.1) is 24.3 Å². The molecule has 7 nitrogen and oxygen atoms in total. The fourth-order valence-corrected chi connectivity index (χ4v) is 3.86. The van der Waals surface area contributed by atoms with Crippen LogP contribution in [-0.2, 0) is 24.9 Å². The third kappa shape index (κ3) is 3.94. The van der Waals surface area contributed by atoms with Gasteiger partial charge < -0.3 is 19.7 Å². The normalized spacial score (nSPS) is 14.7. The maximum absolute atomic E-state index is 13.0. The summed E-state index contributed by atoms with van der Waals surface area (Å²) in [5, 5.41) is 13.8. The minimum Gasteiger partial charge on any atom is -0.502 e. The Morgan fingerprint density at radius 3 is 2.50 bits per heavy atom. The Kier molecular flexibility index (Phi) is 5.83. The van der Waals surface area contributed by atoms with E-state index in [1.807, 2.05) is 18.2 Å². The monoisotopic (exact) mass is 407 g/mol. The molecule has 0 saturated carbocycles. The van der Waals surface area contributed by atoms with E-state index in [2.05, 4.69) is 16.3 Å². The molecule has 0 bridgehead atoms. The fraction of sp³-hybridized carbons (Fsp3) is 0.304. The van der Waals surface area contributed by atoms with Crippen molar-refractivity contribution in [2.45, 2.75) is 13.1 Å². The van der Waals surface area contributed by atoms with Gasteiger partial charge in [-0.1, -0.05) is 42.5 Å². The Labute approximate surface area is 174 Å². The van der Waals surface area contributed by atoms with Crippen molar-refractivity contribution in [3.05, 3.63) is 75.6 Å². The number of rotatable bonds is 5. The Hall–Kier alpha value is -3.16. The first kappa shape index (κ1) is 20.1. The van der Waals surface area contributed by atoms with Crippen molar-refractivity contribution in [1.82, 2.24) is 14.8 Å². The number of fused-ring (bicyclic) bond motifs is 1. The van der Waals surface area contributed by atoms with Gasteiger partial charge in [-0.2, -0.15) is 0 Å². The van der Waals surface area contributed by atoms with E-state index in [0.29, 0.717) is 17.4 Å². The van der Waals surface area contributed by atoms with Crippen LogP contribution in [0.2, 0.25) is 0 Å². The molecule has 1 aliphatic heterocycles. The number of amides is 1. The van der Waals surface area contributed by atoms with Crippen molar-refractivity contribution in [3.63, 3.8) is 0 Å². The second-order valence-electron chi connectivity index (χ2n) is 7.44. The number of nitrogens with zero attached hydrogens (tertiary/aromatic N) is 2. The van der Waals surface area contributed by atoms with Crippen LogP contribution in [-0.4, -0.2) is 46.8 Å². The molecule has 0 atom stereocenters. The molecule has 4 rings (SSSR count). The summed E-state index contributed by atoms with van der Waals surface area (Å²) in [6.07, 6.45) is 0. The number of carbonyl (C=O) groups is 1. The summed E-state index contributed by atoms with van der Waals surface area (Å²) >= 11 is 0. The van der Waals surface area contributed by atoms with Gasteiger partial charge in [-0.25, -0.2) is 0 Å². The second kappa shape index (κ2) is 8.69. The first-order chi connectivity index (χ1) is 14.6. The smallest absolute Gasteiger partial charge is 0.293 e. The third-order valence-electron chi connectivity index (χ3n) is 5.56. The molecule has 1 fully saturated rings. The van der Waals surface area contributed by atoms with Crippen molar-refractivity contribution >= 4 is 16.8 Å². The van der Waals surface area contributed by atoms with E-state index in [4.69, 9.17) is 4.74 Å². The van der Waals surface area contributed by atoms with Gasteiger partial charge in [0.2, 0.25) is 0 Å². The molecule has 1 aromatic heterocycles. The molecule has 0 aliphatic carbocycles. The van der Waals surface area contributed by atoms with Crippen molar-refractivity contribution in [1.29, 1.82) is 0 Å². The van der Waals surface area contributed by atoms with E-state index in [1.54, 1.807) is 31.3 Å². The van der Waals surface area contributed by atoms with Gasteiger partial charge in [0.25, 0.3) is 11.5 Å². The lowest BCUT2D eigenvalue weighted by atomic mass is 10.0. The number of benzene rings is 2. The van der Waals surface area contributed by atoms with Crippen molar-refractivity contribution < 1.29 is 14.6 Å². The third-order valence-corrected chi connectivity index (χ3v) is 5.56. The largest absolute Gasteiger partial charge is 0.502 e. The van der Waals surface area contributed by atoms with Crippen LogP contribution in [0.5, 0.6) is 5.75 Å². The second-order valence-corrected chi connectivity index (χ2v) is 7.44. The van der Waals surface area contributed by atoms with Crippen molar-refractivity contribution in [2.24, 2.45) is 7.05 Å². The Bertz CT molecular complexity index is 1130. The summed E-state index contributed by atoms with van der Waals surface area (Å²) in [5.41, 5.74) is 2.16. The van der Waals surface area contributed by atoms with Crippen LogP contribution in [0.15, 0.2) is 53.3 Å². The fourth-order valence-electron chi connectivity index (χ4n) is 3.86. The Balaban J connectivity index is 1.57. The molecule has 7 heteroatoms. The van der Waals surface area contributed by atoms with Gasteiger partial charge in [-0.15, -0.1) is 0 Å². The van der Waals surface area contributed by atoms with Crippen LogP contribution in [0.25, 0.3) is 10.9 Å². The van der Waals surface area contributed by atoms with Crippen LogP contribution in [0, 0.1) is 0 Å². The summed E-state index contributed by atoms with van der Waals surface area (Å²) in [4.78, 5) is 27.7. The van der Waals surface area contributed by atoms with Gasteiger partial charge in [0, 0.05) is 38.6 Å². The highest BCUT2D eigenvalue weighted by molar-refractivity contribution is 6.08. The number of aromatic hydroxyl groups is 1. The molecule has 1 saturated heterocycles. The lowest BCUT2D eigenvalue weighted by molar-refractivity contribution is 0.0340. The molecule has 0 radical (unpaired) electrons. The summed E-state index contributed by atoms with van der Waals surface area (Å²) in [6, 6.07) is 15.0. The minimum atomic E-state index is -0.591. The van der Waals surface area contributed by atoms with Gasteiger partial charge in [-0.3, -0.25) is 14.5 Å². The number of aromatic nitrogens is 1. The van der Waals surface area contributed by atoms with E-state index in [1.165, 1.54) is 4.57 Å². The number of ether oxygens (including phenoxy) is 1. The highest BCUT2D eigenvalue weighted by atomic mass is 16.5. The van der Waals surface area contributed by atoms with Crippen LogP contribution in [0.4, 0.5) is 0 Å². The van der Waals surface area contributed by atoms with Gasteiger partial charge in [0.1, 0.15) is 0 Å². The standard InChI is InChI=1S/C23H25N3O4/c1-25-19-9-5-4-8-18(19)20(21(27)23(25)29)22(28)24-14-16-6-2-3-7-17(16)15-26-10-12-30-13-11-26/h2-9,27H,10-15H2,1H3,(H,24,28). The number of nitrogens with one attached hydrogen (secondary N) is 1. The average molecular weight is 407 g/mol. The topological polar surface area (TPSA) is 83.8 Å². The van der Waals surface area contributed by atoms with E-state index >= 15 is 0 Å². The lowest BCUT2D eigenvalue weighted by Crippen LogP contribution is -2.36. The highest BCUT2D eigenvalue weighted by Gasteiger charge is 2.20. The van der Waals surface area contributed by atoms with Gasteiger partial charge in [0.15, 0.2) is 5.75 Å². The molecule has 1 amide bonds. The van der Waals surface area contributed by atoms with Crippen LogP contribution < -0.4 is 10.9 Å². The molecule has 1 aliphatic rings. The van der Waals surface area contributed by atoms with Crippen LogP contribution in [0.1, 0.15) is 21.5 Å². The summed E-state index contributed by atoms with van der Waals surface area (Å²) in [5.74, 6) is -1.00. The molecule has 2 aromatic carbocycles. The van der Waals surface area contributed by atoms with Crippen LogP contribution >= 0.6 is 0 Å².